The summed E-state index contributed by atoms with van der Waals surface area (Å²) in [6, 6.07) is 2.67. The molecule has 0 aliphatic rings. The summed E-state index contributed by atoms with van der Waals surface area (Å²) < 4.78 is 0. The van der Waals surface area contributed by atoms with Crippen molar-refractivity contribution in [3.63, 3.8) is 0 Å². The Morgan fingerprint density at radius 2 is 1.25 bits per heavy atom. The zero-order valence-corrected chi connectivity index (χ0v) is 11.6. The van der Waals surface area contributed by atoms with Gasteiger partial charge in [-0.15, -0.1) is 13.2 Å². The van der Waals surface area contributed by atoms with Crippen molar-refractivity contribution in [1.82, 2.24) is 0 Å². The van der Waals surface area contributed by atoms with Gasteiger partial charge in [0, 0.05) is 0 Å². The summed E-state index contributed by atoms with van der Waals surface area (Å²) in [5, 5.41) is 18.6. The number of carbonyl (C=O) groups is 2. The van der Waals surface area contributed by atoms with Crippen molar-refractivity contribution >= 4 is 11.9 Å². The molecule has 0 aliphatic carbocycles. The van der Waals surface area contributed by atoms with Gasteiger partial charge in [0.05, 0.1) is 11.1 Å². The van der Waals surface area contributed by atoms with E-state index < -0.39 is 11.9 Å². The Kier molecular flexibility index (Phi) is 4.86. The van der Waals surface area contributed by atoms with Crippen LogP contribution in [0.5, 0.6) is 0 Å². The third-order valence-corrected chi connectivity index (χ3v) is 3.37. The quantitative estimate of drug-likeness (QED) is 0.776. The molecule has 4 nitrogen and oxygen atoms in total. The second-order valence-electron chi connectivity index (χ2n) is 4.65. The predicted octanol–water partition coefficient (Wildman–Crippen LogP) is 3.66. The van der Waals surface area contributed by atoms with Gasteiger partial charge in [-0.2, -0.15) is 0 Å². The molecule has 0 bridgehead atoms. The lowest BCUT2D eigenvalue weighted by atomic mass is 9.82. The van der Waals surface area contributed by atoms with Crippen LogP contribution in [0.1, 0.15) is 57.5 Å². The first kappa shape index (κ1) is 15.7. The number of allylic oxidation sites excluding steroid dienone is 2. The van der Waals surface area contributed by atoms with Gasteiger partial charge < -0.3 is 10.2 Å². The number of rotatable bonds is 6. The van der Waals surface area contributed by atoms with Gasteiger partial charge in [-0.1, -0.05) is 26.0 Å². The summed E-state index contributed by atoms with van der Waals surface area (Å²) >= 11 is 0. The molecule has 0 saturated carbocycles. The highest BCUT2D eigenvalue weighted by molar-refractivity contribution is 5.95. The molecule has 1 aromatic rings. The van der Waals surface area contributed by atoms with E-state index in [1.165, 1.54) is 12.1 Å². The molecule has 2 unspecified atom stereocenters. The molecule has 0 fully saturated rings. The van der Waals surface area contributed by atoms with Crippen LogP contribution in [0.2, 0.25) is 0 Å². The maximum Gasteiger partial charge on any atom is 0.335 e. The Morgan fingerprint density at radius 3 is 1.45 bits per heavy atom. The van der Waals surface area contributed by atoms with Crippen LogP contribution in [0.15, 0.2) is 37.4 Å². The average molecular weight is 274 g/mol. The normalized spacial score (nSPS) is 13.3. The number of carboxylic acids is 2. The fourth-order valence-corrected chi connectivity index (χ4v) is 2.23. The smallest absolute Gasteiger partial charge is 0.335 e. The minimum atomic E-state index is -1.08. The van der Waals surface area contributed by atoms with E-state index in [4.69, 9.17) is 0 Å². The summed E-state index contributed by atoms with van der Waals surface area (Å²) in [4.78, 5) is 22.8. The summed E-state index contributed by atoms with van der Waals surface area (Å²) in [5.41, 5.74) is 1.18. The highest BCUT2D eigenvalue weighted by atomic mass is 16.4. The lowest BCUT2D eigenvalue weighted by molar-refractivity contribution is 0.0678. The van der Waals surface area contributed by atoms with Crippen molar-refractivity contribution < 1.29 is 19.8 Å². The van der Waals surface area contributed by atoms with E-state index in [1.54, 1.807) is 26.0 Å². The summed E-state index contributed by atoms with van der Waals surface area (Å²) in [6.07, 6.45) is 3.21. The standard InChI is InChI=1S/C16H18O4/c1-5-9(3)13-11(15(17)18)7-8-12(16(19)20)14(13)10(4)6-2/h5-10H,1-2H2,3-4H3,(H,17,18)(H,19,20). The molecular formula is C16H18O4. The van der Waals surface area contributed by atoms with Crippen LogP contribution < -0.4 is 0 Å². The lowest BCUT2D eigenvalue weighted by Crippen LogP contribution is -2.14. The minimum absolute atomic E-state index is 0.103. The Labute approximate surface area is 118 Å². The highest BCUT2D eigenvalue weighted by Crippen LogP contribution is 2.33. The molecule has 1 aromatic carbocycles. The summed E-state index contributed by atoms with van der Waals surface area (Å²) in [5.74, 6) is -2.69. The van der Waals surface area contributed by atoms with Crippen LogP contribution >= 0.6 is 0 Å². The van der Waals surface area contributed by atoms with Crippen molar-refractivity contribution in [2.75, 3.05) is 0 Å². The summed E-state index contributed by atoms with van der Waals surface area (Å²) in [7, 11) is 0. The van der Waals surface area contributed by atoms with Gasteiger partial charge >= 0.3 is 11.9 Å². The van der Waals surface area contributed by atoms with E-state index in [9.17, 15) is 19.8 Å². The van der Waals surface area contributed by atoms with E-state index in [0.717, 1.165) is 0 Å². The second-order valence-corrected chi connectivity index (χ2v) is 4.65. The van der Waals surface area contributed by atoms with Gasteiger partial charge in [0.25, 0.3) is 0 Å². The largest absolute Gasteiger partial charge is 0.478 e. The molecule has 0 amide bonds. The molecule has 0 radical (unpaired) electrons. The summed E-state index contributed by atoms with van der Waals surface area (Å²) in [6.45, 7) is 10.9. The SMILES string of the molecule is C=CC(C)c1c(C(=O)O)ccc(C(=O)O)c1C(C)C=C. The Morgan fingerprint density at radius 1 is 0.950 bits per heavy atom. The maximum atomic E-state index is 11.4. The van der Waals surface area contributed by atoms with Crippen LogP contribution in [0.25, 0.3) is 0 Å². The van der Waals surface area contributed by atoms with Crippen molar-refractivity contribution in [2.45, 2.75) is 25.7 Å². The molecule has 106 valence electrons. The molecule has 0 aliphatic heterocycles. The van der Waals surface area contributed by atoms with Gasteiger partial charge in [-0.3, -0.25) is 0 Å². The fourth-order valence-electron chi connectivity index (χ4n) is 2.23. The molecule has 4 heteroatoms. The van der Waals surface area contributed by atoms with Gasteiger partial charge in [-0.05, 0) is 35.1 Å². The van der Waals surface area contributed by atoms with E-state index in [0.29, 0.717) is 11.1 Å². The monoisotopic (exact) mass is 274 g/mol. The third kappa shape index (κ3) is 2.79. The van der Waals surface area contributed by atoms with Crippen LogP contribution in [-0.2, 0) is 0 Å². The molecule has 0 spiro atoms. The number of benzene rings is 1. The van der Waals surface area contributed by atoms with E-state index in [2.05, 4.69) is 13.2 Å². The molecule has 1 rings (SSSR count). The molecule has 0 saturated heterocycles. The van der Waals surface area contributed by atoms with Crippen molar-refractivity contribution in [3.8, 4) is 0 Å². The minimum Gasteiger partial charge on any atom is -0.478 e. The first-order valence-electron chi connectivity index (χ1n) is 6.23. The number of carboxylic acid groups (broad SMARTS) is 2. The van der Waals surface area contributed by atoms with E-state index >= 15 is 0 Å². The molecule has 0 heterocycles. The number of aromatic carboxylic acids is 2. The van der Waals surface area contributed by atoms with Crippen LogP contribution in [0.3, 0.4) is 0 Å². The number of hydrogen-bond donors (Lipinski definition) is 2. The predicted molar refractivity (Wildman–Crippen MR) is 77.6 cm³/mol. The van der Waals surface area contributed by atoms with Gasteiger partial charge in [-0.25, -0.2) is 9.59 Å². The van der Waals surface area contributed by atoms with Crippen molar-refractivity contribution in [2.24, 2.45) is 0 Å². The van der Waals surface area contributed by atoms with Crippen molar-refractivity contribution in [3.05, 3.63) is 59.7 Å². The molecule has 2 atom stereocenters. The zero-order chi connectivity index (χ0) is 15.4. The van der Waals surface area contributed by atoms with Gasteiger partial charge in [0.15, 0.2) is 0 Å². The molecule has 20 heavy (non-hydrogen) atoms. The molecule has 2 N–H and O–H groups in total. The number of hydrogen-bond acceptors (Lipinski definition) is 2. The zero-order valence-electron chi connectivity index (χ0n) is 11.6. The molecular weight excluding hydrogens is 256 g/mol. The maximum absolute atomic E-state index is 11.4. The van der Waals surface area contributed by atoms with E-state index in [1.807, 2.05) is 0 Å². The van der Waals surface area contributed by atoms with Crippen LogP contribution in [0.4, 0.5) is 0 Å². The topological polar surface area (TPSA) is 74.6 Å². The first-order valence-corrected chi connectivity index (χ1v) is 6.23. The second kappa shape index (κ2) is 6.19. The van der Waals surface area contributed by atoms with Crippen molar-refractivity contribution in [1.29, 1.82) is 0 Å². The Hall–Kier alpha value is -2.36. The lowest BCUT2D eigenvalue weighted by Gasteiger charge is -2.21. The Bertz CT molecular complexity index is 521. The first-order chi connectivity index (χ1) is 9.34. The van der Waals surface area contributed by atoms with Gasteiger partial charge in [0.1, 0.15) is 0 Å². The fraction of sp³-hybridized carbons (Fsp3) is 0.250. The van der Waals surface area contributed by atoms with Crippen LogP contribution in [0, 0.1) is 0 Å². The van der Waals surface area contributed by atoms with Gasteiger partial charge in [0.2, 0.25) is 0 Å². The molecule has 0 aromatic heterocycles. The highest BCUT2D eigenvalue weighted by Gasteiger charge is 2.25. The Balaban J connectivity index is 3.81. The van der Waals surface area contributed by atoms with Crippen LogP contribution in [-0.4, -0.2) is 22.2 Å². The average Bonchev–Trinajstić information content (AvgIpc) is 2.43. The third-order valence-electron chi connectivity index (χ3n) is 3.37. The van der Waals surface area contributed by atoms with E-state index in [-0.39, 0.29) is 23.0 Å².